The Balaban J connectivity index is 1.96. The van der Waals surface area contributed by atoms with Gasteiger partial charge in [0.15, 0.2) is 8.32 Å². The van der Waals surface area contributed by atoms with Crippen molar-refractivity contribution in [2.24, 2.45) is 0 Å². The molecule has 0 bridgehead atoms. The fourth-order valence-electron chi connectivity index (χ4n) is 2.41. The second kappa shape index (κ2) is 8.83. The third-order valence-electron chi connectivity index (χ3n) is 3.55. The number of methoxy groups -OCH3 is 1. The topological polar surface area (TPSA) is 44.8 Å². The van der Waals surface area contributed by atoms with Crippen molar-refractivity contribution in [2.45, 2.75) is 38.8 Å². The van der Waals surface area contributed by atoms with Crippen LogP contribution in [0, 0.1) is 0 Å². The molecule has 1 unspecified atom stereocenters. The van der Waals surface area contributed by atoms with Gasteiger partial charge in [-0.15, -0.1) is 0 Å². The fraction of sp³-hybridized carbons (Fsp3) is 0.350. The van der Waals surface area contributed by atoms with Crippen LogP contribution < -0.4 is 4.74 Å². The van der Waals surface area contributed by atoms with Crippen molar-refractivity contribution in [1.29, 1.82) is 0 Å². The van der Waals surface area contributed by atoms with Crippen molar-refractivity contribution in [2.75, 3.05) is 7.11 Å². The predicted molar refractivity (Wildman–Crippen MR) is 101 cm³/mol. The van der Waals surface area contributed by atoms with Crippen LogP contribution in [-0.4, -0.2) is 27.5 Å². The van der Waals surface area contributed by atoms with Gasteiger partial charge in [0.2, 0.25) is 0 Å². The van der Waals surface area contributed by atoms with Crippen molar-refractivity contribution < 1.29 is 18.7 Å². The summed E-state index contributed by atoms with van der Waals surface area (Å²) in [6.45, 7) is 6.71. The summed E-state index contributed by atoms with van der Waals surface area (Å²) in [4.78, 5) is 12.0. The Morgan fingerprint density at radius 3 is 2.16 bits per heavy atom. The number of carbonyl (C=O) groups is 1. The van der Waals surface area contributed by atoms with Crippen LogP contribution in [0.15, 0.2) is 54.6 Å². The van der Waals surface area contributed by atoms with Crippen LogP contribution in [0.25, 0.3) is 0 Å². The normalized spacial score (nSPS) is 12.5. The number of hydrogen-bond donors (Lipinski definition) is 0. The number of benzene rings is 2. The van der Waals surface area contributed by atoms with E-state index in [1.165, 1.54) is 7.11 Å². The van der Waals surface area contributed by atoms with Crippen LogP contribution in [-0.2, 0) is 27.0 Å². The Morgan fingerprint density at radius 1 is 0.960 bits per heavy atom. The maximum atomic E-state index is 12.0. The molecule has 0 aromatic heterocycles. The highest BCUT2D eigenvalue weighted by molar-refractivity contribution is 6.69. The average Bonchev–Trinajstić information content (AvgIpc) is 2.59. The molecule has 0 spiro atoms. The predicted octanol–water partition coefficient (Wildman–Crippen LogP) is 4.20. The first-order valence-corrected chi connectivity index (χ1v) is 11.8. The van der Waals surface area contributed by atoms with Crippen LogP contribution in [0.5, 0.6) is 5.75 Å². The molecular weight excluding hydrogens is 332 g/mol. The highest BCUT2D eigenvalue weighted by atomic mass is 28.4. The Bertz CT molecular complexity index is 662. The molecule has 0 aliphatic rings. The van der Waals surface area contributed by atoms with E-state index in [0.29, 0.717) is 13.0 Å². The Labute approximate surface area is 150 Å². The van der Waals surface area contributed by atoms with Crippen LogP contribution in [0.2, 0.25) is 19.6 Å². The summed E-state index contributed by atoms with van der Waals surface area (Å²) < 4.78 is 16.6. The molecule has 0 radical (unpaired) electrons. The second-order valence-corrected chi connectivity index (χ2v) is 11.3. The van der Waals surface area contributed by atoms with Gasteiger partial charge in [-0.05, 0) is 42.9 Å². The summed E-state index contributed by atoms with van der Waals surface area (Å²) in [6, 6.07) is 17.8. The second-order valence-electron chi connectivity index (χ2n) is 6.86. The van der Waals surface area contributed by atoms with E-state index in [4.69, 9.17) is 13.9 Å². The van der Waals surface area contributed by atoms with E-state index in [-0.39, 0.29) is 5.97 Å². The number of hydrogen-bond acceptors (Lipinski definition) is 4. The largest absolute Gasteiger partial charge is 0.489 e. The lowest BCUT2D eigenvalue weighted by atomic mass is 10.1. The lowest BCUT2D eigenvalue weighted by Gasteiger charge is -2.24. The van der Waals surface area contributed by atoms with Crippen molar-refractivity contribution in [1.82, 2.24) is 0 Å². The first-order valence-electron chi connectivity index (χ1n) is 8.39. The van der Waals surface area contributed by atoms with Crippen LogP contribution in [0.4, 0.5) is 0 Å². The van der Waals surface area contributed by atoms with Gasteiger partial charge in [-0.1, -0.05) is 42.5 Å². The molecule has 2 rings (SSSR count). The molecule has 1 atom stereocenters. The molecule has 0 heterocycles. The van der Waals surface area contributed by atoms with E-state index in [0.717, 1.165) is 16.9 Å². The number of ether oxygens (including phenoxy) is 2. The maximum absolute atomic E-state index is 12.0. The van der Waals surface area contributed by atoms with Gasteiger partial charge in [0.05, 0.1) is 7.11 Å². The Morgan fingerprint density at radius 2 is 1.60 bits per heavy atom. The Kier molecular flexibility index (Phi) is 6.79. The smallest absolute Gasteiger partial charge is 0.334 e. The van der Waals surface area contributed by atoms with Gasteiger partial charge >= 0.3 is 5.97 Å². The molecule has 2 aromatic carbocycles. The monoisotopic (exact) mass is 358 g/mol. The van der Waals surface area contributed by atoms with E-state index in [9.17, 15) is 4.79 Å². The molecule has 2 aromatic rings. The van der Waals surface area contributed by atoms with Gasteiger partial charge in [-0.3, -0.25) is 0 Å². The Hall–Kier alpha value is -2.11. The van der Waals surface area contributed by atoms with Gasteiger partial charge < -0.3 is 13.9 Å². The highest BCUT2D eigenvalue weighted by Gasteiger charge is 2.27. The zero-order valence-electron chi connectivity index (χ0n) is 15.3. The molecule has 0 saturated carbocycles. The molecular formula is C20H26O4Si. The molecule has 0 N–H and O–H groups in total. The average molecular weight is 359 g/mol. The summed E-state index contributed by atoms with van der Waals surface area (Å²) in [7, 11) is -0.447. The SMILES string of the molecule is COC(=O)C(Cc1ccc(OCc2ccccc2)cc1)O[Si](C)(C)C. The fourth-order valence-corrected chi connectivity index (χ4v) is 3.44. The standard InChI is InChI=1S/C20H26O4Si/c1-22-20(21)19(24-25(2,3)4)14-16-10-12-18(13-11-16)23-15-17-8-6-5-7-9-17/h5-13,19H,14-15H2,1-4H3. The molecule has 25 heavy (non-hydrogen) atoms. The molecule has 0 amide bonds. The van der Waals surface area contributed by atoms with Crippen LogP contribution >= 0.6 is 0 Å². The molecule has 0 aliphatic carbocycles. The van der Waals surface area contributed by atoms with Gasteiger partial charge in [0.1, 0.15) is 18.5 Å². The third kappa shape index (κ3) is 6.72. The summed E-state index contributed by atoms with van der Waals surface area (Å²) in [5.74, 6) is 0.472. The van der Waals surface area contributed by atoms with E-state index >= 15 is 0 Å². The minimum Gasteiger partial charge on any atom is -0.489 e. The van der Waals surface area contributed by atoms with Crippen molar-refractivity contribution in [3.05, 3.63) is 65.7 Å². The van der Waals surface area contributed by atoms with E-state index in [1.807, 2.05) is 54.6 Å². The molecule has 5 heteroatoms. The zero-order chi connectivity index (χ0) is 18.3. The quantitative estimate of drug-likeness (QED) is 0.524. The minimum atomic E-state index is -1.84. The molecule has 134 valence electrons. The minimum absolute atomic E-state index is 0.327. The molecule has 4 nitrogen and oxygen atoms in total. The summed E-state index contributed by atoms with van der Waals surface area (Å²) in [5, 5.41) is 0. The van der Waals surface area contributed by atoms with Crippen molar-refractivity contribution in [3.63, 3.8) is 0 Å². The molecule has 0 fully saturated rings. The van der Waals surface area contributed by atoms with Gasteiger partial charge in [-0.2, -0.15) is 0 Å². The number of carbonyl (C=O) groups excluding carboxylic acids is 1. The first-order chi connectivity index (χ1) is 11.9. The number of esters is 1. The zero-order valence-corrected chi connectivity index (χ0v) is 16.3. The van der Waals surface area contributed by atoms with Crippen molar-refractivity contribution in [3.8, 4) is 5.75 Å². The maximum Gasteiger partial charge on any atom is 0.334 e. The molecule has 0 aliphatic heterocycles. The summed E-state index contributed by atoms with van der Waals surface area (Å²) >= 11 is 0. The van der Waals surface area contributed by atoms with Crippen LogP contribution in [0.1, 0.15) is 11.1 Å². The van der Waals surface area contributed by atoms with E-state index in [2.05, 4.69) is 19.6 Å². The van der Waals surface area contributed by atoms with Crippen molar-refractivity contribution >= 4 is 14.3 Å². The highest BCUT2D eigenvalue weighted by Crippen LogP contribution is 2.18. The van der Waals surface area contributed by atoms with Crippen LogP contribution in [0.3, 0.4) is 0 Å². The van der Waals surface area contributed by atoms with E-state index < -0.39 is 14.4 Å². The lowest BCUT2D eigenvalue weighted by Crippen LogP contribution is -2.38. The lowest BCUT2D eigenvalue weighted by molar-refractivity contribution is -0.149. The van der Waals surface area contributed by atoms with E-state index in [1.54, 1.807) is 0 Å². The third-order valence-corrected chi connectivity index (χ3v) is 4.54. The first kappa shape index (κ1) is 19.2. The summed E-state index contributed by atoms with van der Waals surface area (Å²) in [5.41, 5.74) is 2.14. The number of rotatable bonds is 8. The van der Waals surface area contributed by atoms with Gasteiger partial charge in [0, 0.05) is 6.42 Å². The summed E-state index contributed by atoms with van der Waals surface area (Å²) in [6.07, 6.45) is -0.0663. The van der Waals surface area contributed by atoms with Gasteiger partial charge in [0.25, 0.3) is 0 Å². The molecule has 0 saturated heterocycles. The van der Waals surface area contributed by atoms with Gasteiger partial charge in [-0.25, -0.2) is 4.79 Å².